The van der Waals surface area contributed by atoms with E-state index in [1.807, 2.05) is 0 Å². The summed E-state index contributed by atoms with van der Waals surface area (Å²) >= 11 is 1.02. The minimum absolute atomic E-state index is 0.104. The summed E-state index contributed by atoms with van der Waals surface area (Å²) in [6.07, 6.45) is -4.46. The van der Waals surface area contributed by atoms with Crippen LogP contribution in [0.15, 0.2) is 36.4 Å². The molecule has 0 amide bonds. The molecule has 0 spiro atoms. The van der Waals surface area contributed by atoms with Gasteiger partial charge in [-0.15, -0.1) is 11.3 Å². The molecule has 3 rings (SSSR count). The Balaban J connectivity index is 2.18. The number of alkyl halides is 3. The van der Waals surface area contributed by atoms with E-state index in [4.69, 9.17) is 0 Å². The molecule has 0 aliphatic rings. The van der Waals surface area contributed by atoms with Crippen LogP contribution in [0.1, 0.15) is 5.56 Å². The Kier molecular flexibility index (Phi) is 3.09. The number of phenols is 1. The predicted octanol–water partition coefficient (Wildman–Crippen LogP) is 4.83. The van der Waals surface area contributed by atoms with Crippen LogP contribution in [0.25, 0.3) is 20.8 Å². The third kappa shape index (κ3) is 2.44. The third-order valence-electron chi connectivity index (χ3n) is 2.92. The Morgan fingerprint density at radius 2 is 1.86 bits per heavy atom. The zero-order valence-electron chi connectivity index (χ0n) is 10.3. The molecule has 0 aliphatic heterocycles. The Bertz CT molecular complexity index is 805. The third-order valence-corrected chi connectivity index (χ3v) is 3.97. The average Bonchev–Trinajstić information content (AvgIpc) is 2.79. The molecule has 7 heteroatoms. The number of benzene rings is 2. The minimum atomic E-state index is -4.46. The number of halogens is 4. The molecule has 0 bridgehead atoms. The van der Waals surface area contributed by atoms with Gasteiger partial charge in [-0.25, -0.2) is 9.37 Å². The van der Waals surface area contributed by atoms with E-state index in [1.165, 1.54) is 18.2 Å². The maximum atomic E-state index is 13.8. The van der Waals surface area contributed by atoms with Crippen LogP contribution < -0.4 is 0 Å². The lowest BCUT2D eigenvalue weighted by Crippen LogP contribution is -2.03. The summed E-state index contributed by atoms with van der Waals surface area (Å²) < 4.78 is 52.2. The molecule has 21 heavy (non-hydrogen) atoms. The van der Waals surface area contributed by atoms with Gasteiger partial charge in [-0.3, -0.25) is 0 Å². The van der Waals surface area contributed by atoms with E-state index in [-0.39, 0.29) is 21.8 Å². The molecule has 0 atom stereocenters. The van der Waals surface area contributed by atoms with Gasteiger partial charge in [-0.2, -0.15) is 13.2 Å². The molecule has 1 N–H and O–H groups in total. The summed E-state index contributed by atoms with van der Waals surface area (Å²) in [6, 6.07) is 6.94. The molecule has 0 radical (unpaired) electrons. The smallest absolute Gasteiger partial charge is 0.416 e. The van der Waals surface area contributed by atoms with E-state index in [0.29, 0.717) is 4.70 Å². The monoisotopic (exact) mass is 313 g/mol. The highest BCUT2D eigenvalue weighted by Crippen LogP contribution is 2.38. The largest absolute Gasteiger partial charge is 0.507 e. The Morgan fingerprint density at radius 1 is 1.10 bits per heavy atom. The Labute approximate surface area is 120 Å². The maximum absolute atomic E-state index is 13.8. The van der Waals surface area contributed by atoms with E-state index < -0.39 is 17.6 Å². The quantitative estimate of drug-likeness (QED) is 0.653. The van der Waals surface area contributed by atoms with Crippen molar-refractivity contribution in [1.82, 2.24) is 4.98 Å². The second-order valence-electron chi connectivity index (χ2n) is 4.33. The van der Waals surface area contributed by atoms with Gasteiger partial charge in [0.2, 0.25) is 0 Å². The van der Waals surface area contributed by atoms with Gasteiger partial charge in [0.15, 0.2) is 0 Å². The van der Waals surface area contributed by atoms with Gasteiger partial charge in [0.1, 0.15) is 16.6 Å². The van der Waals surface area contributed by atoms with Crippen LogP contribution in [0, 0.1) is 5.82 Å². The number of hydrogen-bond acceptors (Lipinski definition) is 3. The number of aromatic hydroxyl groups is 1. The first-order chi connectivity index (χ1) is 9.86. The van der Waals surface area contributed by atoms with E-state index in [9.17, 15) is 22.7 Å². The van der Waals surface area contributed by atoms with Crippen molar-refractivity contribution in [2.24, 2.45) is 0 Å². The van der Waals surface area contributed by atoms with E-state index in [1.54, 1.807) is 0 Å². The summed E-state index contributed by atoms with van der Waals surface area (Å²) in [4.78, 5) is 4.00. The molecule has 2 nitrogen and oxygen atoms in total. The number of phenolic OH excluding ortho intramolecular Hbond substituents is 1. The van der Waals surface area contributed by atoms with Crippen LogP contribution in [0.2, 0.25) is 0 Å². The molecule has 0 fully saturated rings. The van der Waals surface area contributed by atoms with E-state index >= 15 is 0 Å². The SMILES string of the molecule is Oc1cccc(F)c1-c1nc2cc(C(F)(F)F)ccc2s1. The summed E-state index contributed by atoms with van der Waals surface area (Å²) in [5, 5.41) is 9.84. The molecular weight excluding hydrogens is 306 g/mol. The van der Waals surface area contributed by atoms with Crippen molar-refractivity contribution in [3.63, 3.8) is 0 Å². The van der Waals surface area contributed by atoms with Gasteiger partial charge < -0.3 is 5.11 Å². The molecule has 0 unspecified atom stereocenters. The number of fused-ring (bicyclic) bond motifs is 1. The van der Waals surface area contributed by atoms with Crippen molar-refractivity contribution in [3.05, 3.63) is 47.8 Å². The highest BCUT2D eigenvalue weighted by Gasteiger charge is 2.31. The number of hydrogen-bond donors (Lipinski definition) is 1. The van der Waals surface area contributed by atoms with Gasteiger partial charge in [-0.05, 0) is 30.3 Å². The number of rotatable bonds is 1. The summed E-state index contributed by atoms with van der Waals surface area (Å²) in [5.41, 5.74) is -0.802. The van der Waals surface area contributed by atoms with Gasteiger partial charge >= 0.3 is 6.18 Å². The molecule has 1 aromatic heterocycles. The highest BCUT2D eigenvalue weighted by molar-refractivity contribution is 7.21. The molecular formula is C14H7F4NOS. The second-order valence-corrected chi connectivity index (χ2v) is 5.36. The van der Waals surface area contributed by atoms with Crippen LogP contribution in [0.4, 0.5) is 17.6 Å². The second kappa shape index (κ2) is 4.70. The topological polar surface area (TPSA) is 33.1 Å². The van der Waals surface area contributed by atoms with Gasteiger partial charge in [-0.1, -0.05) is 6.07 Å². The lowest BCUT2D eigenvalue weighted by Gasteiger charge is -2.04. The van der Waals surface area contributed by atoms with Crippen LogP contribution >= 0.6 is 11.3 Å². The number of thiazole rings is 1. The molecule has 0 saturated carbocycles. The van der Waals surface area contributed by atoms with Crippen molar-refractivity contribution < 1.29 is 22.7 Å². The van der Waals surface area contributed by atoms with Crippen LogP contribution in [-0.2, 0) is 6.18 Å². The summed E-state index contributed by atoms with van der Waals surface area (Å²) in [5.74, 6) is -0.977. The van der Waals surface area contributed by atoms with E-state index in [2.05, 4.69) is 4.98 Å². The molecule has 108 valence electrons. The molecule has 0 aliphatic carbocycles. The summed E-state index contributed by atoms with van der Waals surface area (Å²) in [6.45, 7) is 0. The van der Waals surface area contributed by atoms with Crippen molar-refractivity contribution in [2.45, 2.75) is 6.18 Å². The first kappa shape index (κ1) is 13.8. The Hall–Kier alpha value is -2.15. The van der Waals surface area contributed by atoms with Crippen molar-refractivity contribution in [1.29, 1.82) is 0 Å². The minimum Gasteiger partial charge on any atom is -0.507 e. The van der Waals surface area contributed by atoms with Crippen LogP contribution in [-0.4, -0.2) is 10.1 Å². The zero-order chi connectivity index (χ0) is 15.2. The zero-order valence-corrected chi connectivity index (χ0v) is 11.1. The van der Waals surface area contributed by atoms with Gasteiger partial charge in [0.25, 0.3) is 0 Å². The maximum Gasteiger partial charge on any atom is 0.416 e. The van der Waals surface area contributed by atoms with E-state index in [0.717, 1.165) is 29.5 Å². The Morgan fingerprint density at radius 3 is 2.52 bits per heavy atom. The highest BCUT2D eigenvalue weighted by atomic mass is 32.1. The fourth-order valence-electron chi connectivity index (χ4n) is 1.94. The fourth-order valence-corrected chi connectivity index (χ4v) is 2.94. The average molecular weight is 313 g/mol. The van der Waals surface area contributed by atoms with Gasteiger partial charge in [0, 0.05) is 0 Å². The lowest BCUT2D eigenvalue weighted by atomic mass is 10.2. The van der Waals surface area contributed by atoms with Crippen molar-refractivity contribution in [3.8, 4) is 16.3 Å². The first-order valence-corrected chi connectivity index (χ1v) is 6.63. The number of nitrogens with zero attached hydrogens (tertiary/aromatic N) is 1. The molecule has 3 aromatic rings. The van der Waals surface area contributed by atoms with Crippen molar-refractivity contribution >= 4 is 21.6 Å². The summed E-state index contributed by atoms with van der Waals surface area (Å²) in [7, 11) is 0. The van der Waals surface area contributed by atoms with Crippen LogP contribution in [0.5, 0.6) is 5.75 Å². The first-order valence-electron chi connectivity index (χ1n) is 5.82. The van der Waals surface area contributed by atoms with Gasteiger partial charge in [0.05, 0.1) is 21.3 Å². The van der Waals surface area contributed by atoms with Crippen molar-refractivity contribution in [2.75, 3.05) is 0 Å². The molecule has 0 saturated heterocycles. The predicted molar refractivity (Wildman–Crippen MR) is 71.7 cm³/mol. The fraction of sp³-hybridized carbons (Fsp3) is 0.0714. The molecule has 2 aromatic carbocycles. The standard InChI is InChI=1S/C14H7F4NOS/c15-8-2-1-3-10(20)12(8)13-19-9-6-7(14(16,17)18)4-5-11(9)21-13/h1-6,20H. The lowest BCUT2D eigenvalue weighted by molar-refractivity contribution is -0.137. The number of aromatic nitrogens is 1. The normalized spacial score (nSPS) is 12.0. The molecule has 1 heterocycles. The van der Waals surface area contributed by atoms with Crippen LogP contribution in [0.3, 0.4) is 0 Å².